The minimum atomic E-state index is -4.59. The summed E-state index contributed by atoms with van der Waals surface area (Å²) in [5.41, 5.74) is 4.05. The normalized spacial score (nSPS) is 24.8. The van der Waals surface area contributed by atoms with Gasteiger partial charge in [0.15, 0.2) is 0 Å². The number of hydrogen-bond acceptors (Lipinski definition) is 3. The molecule has 0 bridgehead atoms. The second-order valence-corrected chi connectivity index (χ2v) is 6.94. The van der Waals surface area contributed by atoms with Gasteiger partial charge in [0.1, 0.15) is 11.9 Å². The molecule has 128 valence electrons. The van der Waals surface area contributed by atoms with Crippen molar-refractivity contribution in [3.8, 4) is 11.8 Å². The second kappa shape index (κ2) is 5.88. The summed E-state index contributed by atoms with van der Waals surface area (Å²) in [5.74, 6) is 0.101. The Morgan fingerprint density at radius 3 is 2.13 bits per heavy atom. The number of rotatable bonds is 2. The van der Waals surface area contributed by atoms with Crippen LogP contribution in [-0.2, 0) is 6.18 Å². The molecule has 0 radical (unpaired) electrons. The molecule has 0 saturated heterocycles. The van der Waals surface area contributed by atoms with E-state index in [1.54, 1.807) is 6.07 Å². The molecule has 1 aromatic carbocycles. The van der Waals surface area contributed by atoms with Crippen LogP contribution in [0.1, 0.15) is 38.8 Å². The molecule has 1 aromatic rings. The molecule has 23 heavy (non-hydrogen) atoms. The summed E-state index contributed by atoms with van der Waals surface area (Å²) in [7, 11) is 0. The molecule has 1 fully saturated rings. The summed E-state index contributed by atoms with van der Waals surface area (Å²) in [5, 5.41) is 8.81. The number of hydrogen-bond donors (Lipinski definition) is 1. The van der Waals surface area contributed by atoms with E-state index < -0.39 is 17.3 Å². The summed E-state index contributed by atoms with van der Waals surface area (Å²) < 4.78 is 44.8. The van der Waals surface area contributed by atoms with Crippen molar-refractivity contribution < 1.29 is 17.9 Å². The lowest BCUT2D eigenvalue weighted by atomic mass is 9.50. The average molecular weight is 349 g/mol. The van der Waals surface area contributed by atoms with Gasteiger partial charge in [-0.1, -0.05) is 27.7 Å². The van der Waals surface area contributed by atoms with Crippen LogP contribution in [0.4, 0.5) is 13.2 Å². The molecule has 1 saturated carbocycles. The quantitative estimate of drug-likeness (QED) is 0.873. The molecule has 0 aliphatic heterocycles. The third-order valence-electron chi connectivity index (χ3n) is 4.63. The van der Waals surface area contributed by atoms with E-state index in [9.17, 15) is 13.2 Å². The van der Waals surface area contributed by atoms with Crippen LogP contribution < -0.4 is 10.5 Å². The lowest BCUT2D eigenvalue weighted by molar-refractivity contribution is -0.156. The molecule has 0 amide bonds. The summed E-state index contributed by atoms with van der Waals surface area (Å²) in [6.07, 6.45) is -4.89. The van der Waals surface area contributed by atoms with Crippen molar-refractivity contribution in [2.45, 2.75) is 46.0 Å². The summed E-state index contributed by atoms with van der Waals surface area (Å²) >= 11 is 0. The number of nitriles is 1. The van der Waals surface area contributed by atoms with Crippen molar-refractivity contribution in [1.29, 1.82) is 5.26 Å². The van der Waals surface area contributed by atoms with Crippen LogP contribution in [0.3, 0.4) is 0 Å². The van der Waals surface area contributed by atoms with E-state index in [2.05, 4.69) is 0 Å². The maximum absolute atomic E-state index is 13.0. The van der Waals surface area contributed by atoms with Crippen molar-refractivity contribution in [2.75, 3.05) is 0 Å². The molecule has 2 N–H and O–H groups in total. The predicted octanol–water partition coefficient (Wildman–Crippen LogP) is 4.14. The third kappa shape index (κ3) is 3.13. The largest absolute Gasteiger partial charge is 0.489 e. The molecule has 0 heterocycles. The zero-order chi connectivity index (χ0) is 16.9. The van der Waals surface area contributed by atoms with Crippen molar-refractivity contribution in [2.24, 2.45) is 16.6 Å². The molecule has 3 nitrogen and oxygen atoms in total. The Bertz CT molecular complexity index is 619. The van der Waals surface area contributed by atoms with E-state index in [0.717, 1.165) is 12.1 Å². The van der Waals surface area contributed by atoms with Crippen molar-refractivity contribution >= 4 is 12.4 Å². The van der Waals surface area contributed by atoms with Crippen LogP contribution in [0.5, 0.6) is 5.75 Å². The van der Waals surface area contributed by atoms with E-state index in [0.29, 0.717) is 0 Å². The first-order valence-corrected chi connectivity index (χ1v) is 6.96. The fourth-order valence-electron chi connectivity index (χ4n) is 3.52. The number of benzene rings is 1. The van der Waals surface area contributed by atoms with Crippen molar-refractivity contribution in [3.05, 3.63) is 29.3 Å². The van der Waals surface area contributed by atoms with Gasteiger partial charge in [0.05, 0.1) is 17.2 Å². The van der Waals surface area contributed by atoms with Gasteiger partial charge >= 0.3 is 6.18 Å². The Balaban J connectivity index is 0.00000264. The Morgan fingerprint density at radius 2 is 1.70 bits per heavy atom. The standard InChI is InChI=1S/C16H19F3N2O.ClH/c1-14(2)12(21)15(3,4)13(14)22-10-6-5-9(8-20)11(7-10)16(17,18)19;/h5-7,12-13H,21H2,1-4H3;1H. The lowest BCUT2D eigenvalue weighted by Gasteiger charge is -2.61. The smallest absolute Gasteiger partial charge is 0.417 e. The van der Waals surface area contributed by atoms with Gasteiger partial charge in [-0.2, -0.15) is 18.4 Å². The molecule has 7 heteroatoms. The minimum absolute atomic E-state index is 0. The average Bonchev–Trinajstić information content (AvgIpc) is 2.42. The number of ether oxygens (including phenoxy) is 1. The Kier molecular flexibility index (Phi) is 5.01. The van der Waals surface area contributed by atoms with Gasteiger partial charge in [-0.3, -0.25) is 0 Å². The van der Waals surface area contributed by atoms with Crippen LogP contribution in [0.15, 0.2) is 18.2 Å². The maximum Gasteiger partial charge on any atom is 0.417 e. The fourth-order valence-corrected chi connectivity index (χ4v) is 3.52. The molecule has 0 atom stereocenters. The number of nitrogens with zero attached hydrogens (tertiary/aromatic N) is 1. The molecule has 0 unspecified atom stereocenters. The van der Waals surface area contributed by atoms with Crippen LogP contribution >= 0.6 is 12.4 Å². The maximum atomic E-state index is 13.0. The van der Waals surface area contributed by atoms with Gasteiger partial charge in [0, 0.05) is 16.9 Å². The highest BCUT2D eigenvalue weighted by Gasteiger charge is 2.61. The number of nitrogens with two attached hydrogens (primary N) is 1. The second-order valence-electron chi connectivity index (χ2n) is 6.94. The van der Waals surface area contributed by atoms with E-state index in [1.165, 1.54) is 6.07 Å². The predicted molar refractivity (Wildman–Crippen MR) is 83.4 cm³/mol. The molecule has 2 rings (SSSR count). The Morgan fingerprint density at radius 1 is 1.17 bits per heavy atom. The van der Waals surface area contributed by atoms with Gasteiger partial charge in [-0.25, -0.2) is 0 Å². The molecular formula is C16H20ClF3N2O. The van der Waals surface area contributed by atoms with Gasteiger partial charge in [0.2, 0.25) is 0 Å². The first kappa shape index (κ1) is 19.6. The first-order valence-electron chi connectivity index (χ1n) is 6.96. The highest BCUT2D eigenvalue weighted by atomic mass is 35.5. The minimum Gasteiger partial charge on any atom is -0.489 e. The van der Waals surface area contributed by atoms with Crippen LogP contribution in [0, 0.1) is 22.2 Å². The fraction of sp³-hybridized carbons (Fsp3) is 0.562. The summed E-state index contributed by atoms with van der Waals surface area (Å²) in [6, 6.07) is 4.86. The molecule has 1 aliphatic rings. The lowest BCUT2D eigenvalue weighted by Crippen LogP contribution is -2.72. The first-order chi connectivity index (χ1) is 9.92. The molecular weight excluding hydrogens is 329 g/mol. The van der Waals surface area contributed by atoms with Gasteiger partial charge < -0.3 is 10.5 Å². The monoisotopic (exact) mass is 348 g/mol. The number of halogens is 4. The van der Waals surface area contributed by atoms with Gasteiger partial charge in [-0.15, -0.1) is 12.4 Å². The molecule has 0 aromatic heterocycles. The molecule has 1 aliphatic carbocycles. The van der Waals surface area contributed by atoms with Gasteiger partial charge in [-0.05, 0) is 18.2 Å². The van der Waals surface area contributed by atoms with Crippen molar-refractivity contribution in [3.63, 3.8) is 0 Å². The van der Waals surface area contributed by atoms with E-state index in [1.807, 2.05) is 27.7 Å². The number of alkyl halides is 3. The Hall–Kier alpha value is -1.45. The summed E-state index contributed by atoms with van der Waals surface area (Å²) in [4.78, 5) is 0. The van der Waals surface area contributed by atoms with E-state index in [4.69, 9.17) is 15.7 Å². The van der Waals surface area contributed by atoms with Crippen LogP contribution in [0.2, 0.25) is 0 Å². The topological polar surface area (TPSA) is 59.0 Å². The highest BCUT2D eigenvalue weighted by molar-refractivity contribution is 5.85. The third-order valence-corrected chi connectivity index (χ3v) is 4.63. The highest BCUT2D eigenvalue weighted by Crippen LogP contribution is 2.54. The van der Waals surface area contributed by atoms with Crippen molar-refractivity contribution in [1.82, 2.24) is 0 Å². The Labute approximate surface area is 140 Å². The summed E-state index contributed by atoms with van der Waals surface area (Å²) in [6.45, 7) is 7.73. The zero-order valence-electron chi connectivity index (χ0n) is 13.4. The van der Waals surface area contributed by atoms with Crippen LogP contribution in [-0.4, -0.2) is 12.1 Å². The zero-order valence-corrected chi connectivity index (χ0v) is 14.2. The molecule has 0 spiro atoms. The van der Waals surface area contributed by atoms with E-state index in [-0.39, 0.29) is 41.1 Å². The van der Waals surface area contributed by atoms with E-state index >= 15 is 0 Å². The van der Waals surface area contributed by atoms with Crippen LogP contribution in [0.25, 0.3) is 0 Å². The SMILES string of the molecule is CC1(C)C(N)C(C)(C)C1Oc1ccc(C#N)c(C(F)(F)F)c1.Cl. The van der Waals surface area contributed by atoms with Gasteiger partial charge in [0.25, 0.3) is 0 Å².